The van der Waals surface area contributed by atoms with E-state index in [-0.39, 0.29) is 71.7 Å². The monoisotopic (exact) mass is 434 g/mol. The molecule has 0 unspecified atom stereocenters. The molecule has 0 aliphatic carbocycles. The van der Waals surface area contributed by atoms with Crippen LogP contribution in [0.4, 0.5) is 0 Å². The van der Waals surface area contributed by atoms with Crippen LogP contribution in [-0.4, -0.2) is 94.7 Å². The van der Waals surface area contributed by atoms with Gasteiger partial charge in [-0.25, -0.2) is 0 Å². The predicted octanol–water partition coefficient (Wildman–Crippen LogP) is -1.26. The zero-order chi connectivity index (χ0) is 2.00. The van der Waals surface area contributed by atoms with Crippen molar-refractivity contribution in [3.8, 4) is 0 Å². The maximum Gasteiger partial charge on any atom is 0 e. The van der Waals surface area contributed by atoms with Gasteiger partial charge < -0.3 is 0 Å². The molecule has 0 aromatic heterocycles. The van der Waals surface area contributed by atoms with Gasteiger partial charge in [-0.2, -0.15) is 0 Å². The molecule has 4 heavy (non-hydrogen) atoms. The normalized spacial score (nSPS) is 1.00. The molecule has 0 atom stereocenters. The number of hydrogen-bond acceptors (Lipinski definition) is 1. The fourth-order valence-electron chi connectivity index (χ4n) is 0. The molecule has 6 radical (unpaired) electrons. The fraction of sp³-hybridized carbons (Fsp3) is 0. The molecule has 0 bridgehead atoms. The molecule has 4 heteroatoms. The van der Waals surface area contributed by atoms with Crippen LogP contribution in [0.5, 0.6) is 0 Å². The Kier molecular flexibility index (Phi) is 65.8. The second kappa shape index (κ2) is 16.7. The van der Waals surface area contributed by atoms with Crippen LogP contribution >= 0.6 is 0 Å². The van der Waals surface area contributed by atoms with Gasteiger partial charge in [-0.15, -0.1) is 0 Å². The van der Waals surface area contributed by atoms with Crippen molar-refractivity contribution in [3.05, 3.63) is 0 Å². The Morgan fingerprint density at radius 1 is 1.25 bits per heavy atom. The van der Waals surface area contributed by atoms with Crippen molar-refractivity contribution in [1.29, 1.82) is 0 Å². The van der Waals surface area contributed by atoms with Crippen molar-refractivity contribution in [3.63, 3.8) is 0 Å². The van der Waals surface area contributed by atoms with Gasteiger partial charge in [-0.1, -0.05) is 0 Å². The second-order valence-electron chi connectivity index (χ2n) is 0. The van der Waals surface area contributed by atoms with Gasteiger partial charge in [0.1, 0.15) is 0 Å². The van der Waals surface area contributed by atoms with E-state index < -0.39 is 0 Å². The summed E-state index contributed by atoms with van der Waals surface area (Å²) in [6.45, 7) is 0. The standard InChI is InChI=1S/Bi.O.Sb.Sr. The summed E-state index contributed by atoms with van der Waals surface area (Å²) in [6, 6.07) is 0. The van der Waals surface area contributed by atoms with E-state index >= 15 is 0 Å². The van der Waals surface area contributed by atoms with Crippen LogP contribution in [0.2, 0.25) is 0 Å². The van der Waals surface area contributed by atoms with Gasteiger partial charge in [-0.3, -0.25) is 0 Å². The SMILES string of the molecule is [Bi].[O]=[Sb].[Sr]. The van der Waals surface area contributed by atoms with Crippen LogP contribution in [0.15, 0.2) is 0 Å². The summed E-state index contributed by atoms with van der Waals surface area (Å²) in [7, 11) is 0. The molecular weight excluding hydrogens is 434 g/mol. The van der Waals surface area contributed by atoms with Gasteiger partial charge in [0.15, 0.2) is 0 Å². The molecule has 0 aromatic rings. The molecule has 0 amide bonds. The first-order valence-corrected chi connectivity index (χ1v) is 1.22. The first-order chi connectivity index (χ1) is 1.00. The van der Waals surface area contributed by atoms with E-state index in [1.165, 1.54) is 0 Å². The summed E-state index contributed by atoms with van der Waals surface area (Å²) < 4.78 is 8.30. The Labute approximate surface area is 95.2 Å². The largest absolute Gasteiger partial charge is 0 e. The zero-order valence-corrected chi connectivity index (χ0v) is 11.5. The molecule has 18 valence electrons. The minimum Gasteiger partial charge on any atom is 0 e. The zero-order valence-electron chi connectivity index (χ0n) is 2.01. The van der Waals surface area contributed by atoms with E-state index in [2.05, 4.69) is 0 Å². The molecule has 1 nitrogen and oxygen atoms in total. The summed E-state index contributed by atoms with van der Waals surface area (Å²) in [6.07, 6.45) is 0. The first kappa shape index (κ1) is 15.8. The van der Waals surface area contributed by atoms with Crippen molar-refractivity contribution in [2.24, 2.45) is 0 Å². The van der Waals surface area contributed by atoms with E-state index in [0.717, 1.165) is 0 Å². The van der Waals surface area contributed by atoms with E-state index in [1.54, 1.807) is 0 Å². The summed E-state index contributed by atoms with van der Waals surface area (Å²) in [5, 5.41) is 0. The summed E-state index contributed by atoms with van der Waals surface area (Å²) in [4.78, 5) is 0. The minimum atomic E-state index is 0. The van der Waals surface area contributed by atoms with Crippen molar-refractivity contribution in [2.45, 2.75) is 0 Å². The molecule has 0 heterocycles. The smallest absolute Gasteiger partial charge is 0 e. The maximum atomic E-state index is 8.30. The molecule has 0 aliphatic rings. The molecule has 0 saturated carbocycles. The Morgan fingerprint density at radius 2 is 1.25 bits per heavy atom. The molecule has 0 fully saturated rings. The Morgan fingerprint density at radius 3 is 1.25 bits per heavy atom. The van der Waals surface area contributed by atoms with Crippen molar-refractivity contribution in [1.82, 2.24) is 0 Å². The average Bonchev–Trinajstić information content (AvgIpc) is 1.00. The third-order valence-electron chi connectivity index (χ3n) is 0. The molecule has 0 aromatic carbocycles. The summed E-state index contributed by atoms with van der Waals surface area (Å²) in [5.74, 6) is 0. The molecule has 0 N–H and O–H groups in total. The van der Waals surface area contributed by atoms with E-state index in [1.807, 2.05) is 0 Å². The van der Waals surface area contributed by atoms with Gasteiger partial charge in [0.2, 0.25) is 0 Å². The molecule has 0 spiro atoms. The summed E-state index contributed by atoms with van der Waals surface area (Å²) in [5.41, 5.74) is 0. The van der Waals surface area contributed by atoms with Crippen molar-refractivity contribution in [2.75, 3.05) is 0 Å². The number of rotatable bonds is 0. The average molecular weight is 434 g/mol. The van der Waals surface area contributed by atoms with Crippen LogP contribution < -0.4 is 0 Å². The predicted molar refractivity (Wildman–Crippen MR) is 17.9 cm³/mol. The molecule has 0 saturated heterocycles. The van der Waals surface area contributed by atoms with E-state index in [4.69, 9.17) is 3.02 Å². The molecule has 0 aliphatic heterocycles. The Balaban J connectivity index is -0.00000000500. The first-order valence-electron chi connectivity index (χ1n) is 0.183. The van der Waals surface area contributed by atoms with Crippen LogP contribution in [0.1, 0.15) is 0 Å². The van der Waals surface area contributed by atoms with Gasteiger partial charge in [-0.05, 0) is 0 Å². The van der Waals surface area contributed by atoms with E-state index in [9.17, 15) is 0 Å². The molecule has 0 rings (SSSR count). The van der Waals surface area contributed by atoms with Crippen molar-refractivity contribution >= 4 is 94.7 Å². The minimum absolute atomic E-state index is 0. The van der Waals surface area contributed by atoms with Gasteiger partial charge >= 0.3 is 26.0 Å². The topological polar surface area (TPSA) is 17.1 Å². The third-order valence-corrected chi connectivity index (χ3v) is 0. The van der Waals surface area contributed by atoms with Crippen LogP contribution in [0.25, 0.3) is 0 Å². The van der Waals surface area contributed by atoms with Crippen LogP contribution in [0.3, 0.4) is 0 Å². The van der Waals surface area contributed by atoms with Gasteiger partial charge in [0, 0.05) is 71.7 Å². The van der Waals surface area contributed by atoms with E-state index in [0.29, 0.717) is 23.0 Å². The Bertz CT molecular complexity index is 8.00. The van der Waals surface area contributed by atoms with Crippen LogP contribution in [-0.2, 0) is 3.02 Å². The van der Waals surface area contributed by atoms with Crippen molar-refractivity contribution < 1.29 is 3.02 Å². The second-order valence-corrected chi connectivity index (χ2v) is 0. The summed E-state index contributed by atoms with van der Waals surface area (Å²) >= 11 is 0.500. The quantitative estimate of drug-likeness (QED) is 0.435. The Hall–Kier alpha value is 2.98. The molecular formula is BiOSbSr. The van der Waals surface area contributed by atoms with Gasteiger partial charge in [0.25, 0.3) is 0 Å². The third kappa shape index (κ3) is 8.88. The van der Waals surface area contributed by atoms with Gasteiger partial charge in [0.05, 0.1) is 0 Å². The number of hydrogen-bond donors (Lipinski definition) is 0. The van der Waals surface area contributed by atoms with Crippen LogP contribution in [0, 0.1) is 0 Å². The maximum absolute atomic E-state index is 8.30. The fourth-order valence-corrected chi connectivity index (χ4v) is 0.